The van der Waals surface area contributed by atoms with Crippen LogP contribution in [0.3, 0.4) is 0 Å². The van der Waals surface area contributed by atoms with Crippen molar-refractivity contribution in [2.75, 3.05) is 0 Å². The Bertz CT molecular complexity index is 623. The van der Waals surface area contributed by atoms with E-state index in [-0.39, 0.29) is 6.10 Å². The van der Waals surface area contributed by atoms with Gasteiger partial charge in [0.1, 0.15) is 0 Å². The maximum atomic E-state index is 6.12. The van der Waals surface area contributed by atoms with Crippen LogP contribution in [0.4, 0.5) is 0 Å². The lowest BCUT2D eigenvalue weighted by Crippen LogP contribution is -2.06. The van der Waals surface area contributed by atoms with Gasteiger partial charge in [0.15, 0.2) is 0 Å². The molecule has 1 atom stereocenters. The quantitative estimate of drug-likeness (QED) is 0.548. The molecule has 0 bridgehead atoms. The molecule has 0 radical (unpaired) electrons. The average Bonchev–Trinajstić information content (AvgIpc) is 2.53. The molecule has 2 aromatic carbocycles. The number of hydrogen-bond acceptors (Lipinski definition) is 1. The molecule has 126 valence electrons. The predicted octanol–water partition coefficient (Wildman–Crippen LogP) is 7.30. The highest BCUT2D eigenvalue weighted by molar-refractivity contribution is 6.30. The molecule has 2 aromatic rings. The molecular formula is C20H26Cl2O. The highest BCUT2D eigenvalue weighted by Crippen LogP contribution is 2.28. The van der Waals surface area contributed by atoms with Crippen molar-refractivity contribution in [3.63, 3.8) is 0 Å². The molecule has 0 aliphatic rings. The lowest BCUT2D eigenvalue weighted by atomic mass is 10.0. The van der Waals surface area contributed by atoms with Gasteiger partial charge in [-0.25, -0.2) is 0 Å². The highest BCUT2D eigenvalue weighted by atomic mass is 35.5. The fourth-order valence-electron chi connectivity index (χ4n) is 2.44. The molecule has 2 rings (SSSR count). The molecule has 0 N–H and O–H groups in total. The van der Waals surface area contributed by atoms with Gasteiger partial charge in [-0.05, 0) is 66.8 Å². The lowest BCUT2D eigenvalue weighted by molar-refractivity contribution is 0.0365. The second-order valence-electron chi connectivity index (χ2n) is 5.28. The molecular weight excluding hydrogens is 327 g/mol. The smallest absolute Gasteiger partial charge is 0.0829 e. The average molecular weight is 353 g/mol. The van der Waals surface area contributed by atoms with E-state index in [2.05, 4.69) is 26.8 Å². The first-order valence-electron chi connectivity index (χ1n) is 8.14. The maximum absolute atomic E-state index is 6.12. The van der Waals surface area contributed by atoms with Crippen LogP contribution in [0.25, 0.3) is 0 Å². The van der Waals surface area contributed by atoms with Gasteiger partial charge in [0, 0.05) is 10.0 Å². The van der Waals surface area contributed by atoms with Crippen molar-refractivity contribution in [2.45, 2.75) is 53.8 Å². The summed E-state index contributed by atoms with van der Waals surface area (Å²) in [5, 5.41) is 1.52. The summed E-state index contributed by atoms with van der Waals surface area (Å²) in [6.07, 6.45) is 1.01. The van der Waals surface area contributed by atoms with Crippen LogP contribution in [0, 0.1) is 13.8 Å². The Balaban J connectivity index is 0.00000127. The molecule has 1 unspecified atom stereocenters. The molecule has 0 heterocycles. The number of ether oxygens (including phenoxy) is 1. The minimum absolute atomic E-state index is 0.0809. The van der Waals surface area contributed by atoms with Gasteiger partial charge in [0.25, 0.3) is 0 Å². The second kappa shape index (κ2) is 9.97. The van der Waals surface area contributed by atoms with Crippen molar-refractivity contribution in [2.24, 2.45) is 0 Å². The number of benzene rings is 2. The van der Waals surface area contributed by atoms with Gasteiger partial charge in [0.2, 0.25) is 0 Å². The summed E-state index contributed by atoms with van der Waals surface area (Å²) in [7, 11) is 0. The van der Waals surface area contributed by atoms with Gasteiger partial charge in [0.05, 0.1) is 12.7 Å². The van der Waals surface area contributed by atoms with Crippen molar-refractivity contribution in [1.29, 1.82) is 0 Å². The summed E-state index contributed by atoms with van der Waals surface area (Å²) in [4.78, 5) is 0. The molecule has 0 aromatic heterocycles. The molecule has 0 aliphatic heterocycles. The summed E-state index contributed by atoms with van der Waals surface area (Å²) in [5.41, 5.74) is 4.70. The van der Waals surface area contributed by atoms with Crippen molar-refractivity contribution in [3.05, 3.63) is 68.7 Å². The zero-order valence-corrected chi connectivity index (χ0v) is 16.1. The van der Waals surface area contributed by atoms with Crippen molar-refractivity contribution in [1.82, 2.24) is 0 Å². The zero-order valence-electron chi connectivity index (χ0n) is 14.6. The van der Waals surface area contributed by atoms with Crippen LogP contribution in [0.5, 0.6) is 0 Å². The minimum atomic E-state index is 0.0809. The number of halogens is 2. The Morgan fingerprint density at radius 1 is 0.913 bits per heavy atom. The second-order valence-corrected chi connectivity index (χ2v) is 6.15. The minimum Gasteiger partial charge on any atom is -0.369 e. The third-order valence-electron chi connectivity index (χ3n) is 3.69. The van der Waals surface area contributed by atoms with Crippen LogP contribution in [0.1, 0.15) is 55.5 Å². The Kier molecular flexibility index (Phi) is 8.68. The van der Waals surface area contributed by atoms with E-state index in [1.165, 1.54) is 16.7 Å². The SMILES string of the molecule is CC.CCC(OCc1ccc(Cl)cc1C)c1ccc(Cl)cc1C. The Morgan fingerprint density at radius 3 is 2.00 bits per heavy atom. The summed E-state index contributed by atoms with van der Waals surface area (Å²) < 4.78 is 6.12. The Hall–Kier alpha value is -1.02. The molecule has 0 aliphatic carbocycles. The van der Waals surface area contributed by atoms with Crippen molar-refractivity contribution < 1.29 is 4.74 Å². The summed E-state index contributed by atoms with van der Waals surface area (Å²) in [5.74, 6) is 0. The zero-order chi connectivity index (χ0) is 17.4. The van der Waals surface area contributed by atoms with Gasteiger partial charge >= 0.3 is 0 Å². The normalized spacial score (nSPS) is 11.6. The van der Waals surface area contributed by atoms with Crippen LogP contribution >= 0.6 is 23.2 Å². The number of rotatable bonds is 5. The van der Waals surface area contributed by atoms with Crippen LogP contribution in [0.15, 0.2) is 36.4 Å². The molecule has 1 nitrogen and oxygen atoms in total. The Labute approximate surface area is 150 Å². The monoisotopic (exact) mass is 352 g/mol. The fraction of sp³-hybridized carbons (Fsp3) is 0.400. The number of aryl methyl sites for hydroxylation is 2. The van der Waals surface area contributed by atoms with Crippen molar-refractivity contribution in [3.8, 4) is 0 Å². The van der Waals surface area contributed by atoms with Crippen LogP contribution in [-0.4, -0.2) is 0 Å². The first kappa shape index (κ1) is 20.0. The predicted molar refractivity (Wildman–Crippen MR) is 102 cm³/mol. The van der Waals surface area contributed by atoms with Crippen molar-refractivity contribution >= 4 is 23.2 Å². The standard InChI is InChI=1S/C18H20Cl2O.C2H6/c1-4-18(17-8-7-16(20)10-13(17)3)21-11-14-5-6-15(19)9-12(14)2;1-2/h5-10,18H,4,11H2,1-3H3;1-2H3. The lowest BCUT2D eigenvalue weighted by Gasteiger charge is -2.19. The molecule has 0 saturated heterocycles. The molecule has 0 saturated carbocycles. The topological polar surface area (TPSA) is 9.23 Å². The molecule has 0 amide bonds. The summed E-state index contributed by atoms with van der Waals surface area (Å²) >= 11 is 12.0. The molecule has 23 heavy (non-hydrogen) atoms. The van der Waals surface area contributed by atoms with Gasteiger partial charge in [-0.15, -0.1) is 0 Å². The largest absolute Gasteiger partial charge is 0.369 e. The summed E-state index contributed by atoms with van der Waals surface area (Å²) in [6, 6.07) is 11.9. The van der Waals surface area contributed by atoms with E-state index >= 15 is 0 Å². The highest BCUT2D eigenvalue weighted by Gasteiger charge is 2.13. The maximum Gasteiger partial charge on any atom is 0.0829 e. The Morgan fingerprint density at radius 2 is 1.48 bits per heavy atom. The third kappa shape index (κ3) is 5.84. The van der Waals surface area contributed by atoms with Gasteiger partial charge < -0.3 is 4.74 Å². The van der Waals surface area contributed by atoms with E-state index in [1.54, 1.807) is 0 Å². The third-order valence-corrected chi connectivity index (χ3v) is 4.16. The molecule has 0 fully saturated rings. The number of hydrogen-bond donors (Lipinski definition) is 0. The first-order chi connectivity index (χ1) is 11.0. The van der Waals surface area contributed by atoms with Gasteiger partial charge in [-0.3, -0.25) is 0 Å². The van der Waals surface area contributed by atoms with Crippen LogP contribution < -0.4 is 0 Å². The summed E-state index contributed by atoms with van der Waals surface area (Å²) in [6.45, 7) is 10.8. The van der Waals surface area contributed by atoms with Gasteiger partial charge in [-0.1, -0.05) is 56.1 Å². The van der Waals surface area contributed by atoms with E-state index in [0.29, 0.717) is 6.61 Å². The molecule has 0 spiro atoms. The van der Waals surface area contributed by atoms with Crippen LogP contribution in [-0.2, 0) is 11.3 Å². The first-order valence-corrected chi connectivity index (χ1v) is 8.89. The van der Waals surface area contributed by atoms with Crippen LogP contribution in [0.2, 0.25) is 10.0 Å². The fourth-order valence-corrected chi connectivity index (χ4v) is 2.89. The van der Waals surface area contributed by atoms with E-state index in [0.717, 1.165) is 22.0 Å². The van der Waals surface area contributed by atoms with E-state index in [9.17, 15) is 0 Å². The molecule has 3 heteroatoms. The van der Waals surface area contributed by atoms with Gasteiger partial charge in [-0.2, -0.15) is 0 Å². The van der Waals surface area contributed by atoms with E-state index in [1.807, 2.05) is 44.2 Å². The van der Waals surface area contributed by atoms with E-state index < -0.39 is 0 Å². The van der Waals surface area contributed by atoms with E-state index in [4.69, 9.17) is 27.9 Å².